The number of rotatable bonds is 59. The summed E-state index contributed by atoms with van der Waals surface area (Å²) in [5.74, 6) is -0.510. The van der Waals surface area contributed by atoms with E-state index in [0.29, 0.717) is 17.4 Å². The van der Waals surface area contributed by atoms with Crippen molar-refractivity contribution in [1.29, 1.82) is 0 Å². The number of unbranched alkanes of at least 4 members (excludes halogenated alkanes) is 35. The smallest absolute Gasteiger partial charge is 0.456 e. The van der Waals surface area contributed by atoms with Gasteiger partial charge < -0.3 is 19.4 Å². The average molecular weight is 1100 g/mol. The van der Waals surface area contributed by atoms with Crippen LogP contribution in [0.3, 0.4) is 0 Å². The van der Waals surface area contributed by atoms with E-state index in [1.807, 2.05) is 33.3 Å². The number of hydrogen-bond donors (Lipinski definition) is 2. The summed E-state index contributed by atoms with van der Waals surface area (Å²) < 4.78 is 30.7. The molecule has 77 heavy (non-hydrogen) atoms. The maximum Gasteiger partial charge on any atom is 0.472 e. The highest BCUT2D eigenvalue weighted by atomic mass is 31.2. The van der Waals surface area contributed by atoms with E-state index in [0.717, 1.165) is 96.3 Å². The lowest BCUT2D eigenvalue weighted by molar-refractivity contribution is -0.870. The van der Waals surface area contributed by atoms with Crippen molar-refractivity contribution in [1.82, 2.24) is 5.32 Å². The number of nitrogens with zero attached hydrogens (tertiary/aromatic N) is 1. The molecule has 0 bridgehead atoms. The molecule has 0 aromatic heterocycles. The van der Waals surface area contributed by atoms with Gasteiger partial charge in [0.25, 0.3) is 0 Å². The van der Waals surface area contributed by atoms with E-state index in [-0.39, 0.29) is 31.5 Å². The maximum absolute atomic E-state index is 13.6. The summed E-state index contributed by atoms with van der Waals surface area (Å²) in [6, 6.07) is -0.851. The number of phosphoric acid groups is 1. The number of amides is 1. The van der Waals surface area contributed by atoms with Gasteiger partial charge in [0.2, 0.25) is 5.91 Å². The molecule has 10 heteroatoms. The van der Waals surface area contributed by atoms with Crippen LogP contribution in [0.5, 0.6) is 0 Å². The lowest BCUT2D eigenvalue weighted by atomic mass is 10.0. The van der Waals surface area contributed by atoms with Crippen molar-refractivity contribution in [2.24, 2.45) is 0 Å². The van der Waals surface area contributed by atoms with Gasteiger partial charge in [-0.15, -0.1) is 0 Å². The fourth-order valence-electron chi connectivity index (χ4n) is 9.34. The molecule has 3 unspecified atom stereocenters. The van der Waals surface area contributed by atoms with Crippen LogP contribution in [-0.4, -0.2) is 74.3 Å². The molecule has 0 saturated heterocycles. The average Bonchev–Trinajstić information content (AvgIpc) is 3.39. The lowest BCUT2D eigenvalue weighted by Gasteiger charge is -2.27. The normalized spacial score (nSPS) is 14.0. The molecule has 0 spiro atoms. The number of ether oxygens (including phenoxy) is 1. The number of esters is 1. The molecule has 0 aromatic rings. The molecular weight excluding hydrogens is 976 g/mol. The van der Waals surface area contributed by atoms with Crippen LogP contribution in [0, 0.1) is 0 Å². The Hall–Kier alpha value is -2.29. The van der Waals surface area contributed by atoms with Crippen LogP contribution >= 0.6 is 7.82 Å². The van der Waals surface area contributed by atoms with Crippen LogP contribution in [-0.2, 0) is 27.9 Å². The molecule has 0 aliphatic heterocycles. The molecule has 9 nitrogen and oxygen atoms in total. The number of allylic oxidation sites excluding steroid dienone is 9. The second kappa shape index (κ2) is 57.0. The molecule has 2 N–H and O–H groups in total. The van der Waals surface area contributed by atoms with Crippen LogP contribution < -0.4 is 5.32 Å². The molecular formula is C67H126N2O7P+. The predicted octanol–water partition coefficient (Wildman–Crippen LogP) is 20.2. The van der Waals surface area contributed by atoms with E-state index in [1.54, 1.807) is 0 Å². The monoisotopic (exact) mass is 1100 g/mol. The Kier molecular flexibility index (Phi) is 55.3. The second-order valence-electron chi connectivity index (χ2n) is 23.3. The first-order valence-corrected chi connectivity index (χ1v) is 34.1. The number of quaternary nitrogens is 1. The third-order valence-electron chi connectivity index (χ3n) is 14.4. The summed E-state index contributed by atoms with van der Waals surface area (Å²) in [7, 11) is 1.50. The highest BCUT2D eigenvalue weighted by Gasteiger charge is 2.30. The minimum absolute atomic E-state index is 0.0387. The molecule has 0 heterocycles. The first kappa shape index (κ1) is 74.7. The molecule has 0 aromatic carbocycles. The molecule has 1 amide bonds. The van der Waals surface area contributed by atoms with Gasteiger partial charge in [0.15, 0.2) is 0 Å². The van der Waals surface area contributed by atoms with Crippen LogP contribution in [0.25, 0.3) is 0 Å². The van der Waals surface area contributed by atoms with Gasteiger partial charge in [0, 0.05) is 12.8 Å². The quantitative estimate of drug-likeness (QED) is 0.0205. The van der Waals surface area contributed by atoms with Gasteiger partial charge in [-0.3, -0.25) is 18.6 Å². The fraction of sp³-hybridized carbons (Fsp3) is 0.821. The third kappa shape index (κ3) is 58.2. The number of likely N-dealkylation sites (N-methyl/N-ethyl adjacent to an activating group) is 1. The van der Waals surface area contributed by atoms with Crippen LogP contribution in [0.2, 0.25) is 0 Å². The topological polar surface area (TPSA) is 111 Å². The second-order valence-corrected chi connectivity index (χ2v) is 24.7. The highest BCUT2D eigenvalue weighted by molar-refractivity contribution is 7.47. The van der Waals surface area contributed by atoms with E-state index >= 15 is 0 Å². The van der Waals surface area contributed by atoms with Crippen molar-refractivity contribution in [2.75, 3.05) is 40.9 Å². The van der Waals surface area contributed by atoms with E-state index in [4.69, 9.17) is 13.8 Å². The zero-order chi connectivity index (χ0) is 56.4. The van der Waals surface area contributed by atoms with Gasteiger partial charge in [-0.2, -0.15) is 0 Å². The van der Waals surface area contributed by atoms with Crippen molar-refractivity contribution in [3.63, 3.8) is 0 Å². The zero-order valence-electron chi connectivity index (χ0n) is 51.5. The Bertz CT molecular complexity index is 1500. The number of nitrogens with one attached hydrogen (secondary N) is 1. The molecule has 3 atom stereocenters. The first-order chi connectivity index (χ1) is 37.4. The molecule has 0 radical (unpaired) electrons. The molecule has 0 rings (SSSR count). The van der Waals surface area contributed by atoms with Gasteiger partial charge in [-0.05, 0) is 89.5 Å². The van der Waals surface area contributed by atoms with E-state index < -0.39 is 20.0 Å². The van der Waals surface area contributed by atoms with Crippen molar-refractivity contribution in [3.8, 4) is 0 Å². The summed E-state index contributed by atoms with van der Waals surface area (Å²) in [5, 5.41) is 3.06. The summed E-state index contributed by atoms with van der Waals surface area (Å²) in [6.45, 7) is 6.96. The maximum atomic E-state index is 13.6. The van der Waals surface area contributed by atoms with Crippen molar-refractivity contribution >= 4 is 19.7 Å². The number of phosphoric ester groups is 1. The van der Waals surface area contributed by atoms with Crippen LogP contribution in [0.4, 0.5) is 0 Å². The number of carbonyl (C=O) groups is 2. The molecule has 0 fully saturated rings. The summed E-state index contributed by atoms with van der Waals surface area (Å²) in [4.78, 5) is 37.7. The SMILES string of the molecule is CCCC/C=C\CCCCCCCC(=O)OC(/C=C/CCCCCCCCCCCCC)C(COP(=O)(O)OCC[N+](C)(C)C)NC(=O)CCCCCCCCCCCCCCCC/C=C\C/C=C\C/C=C\CCCCC. The lowest BCUT2D eigenvalue weighted by Crippen LogP contribution is -2.47. The molecule has 0 aliphatic rings. The summed E-state index contributed by atoms with van der Waals surface area (Å²) in [6.07, 6.45) is 72.3. The standard InChI is InChI=1S/C67H125N2O7P/c1-7-10-13-16-19-22-25-27-28-29-30-31-32-33-34-35-36-37-38-39-40-42-45-47-50-53-56-59-66(70)68-64(63-75-77(72,73)74-62-61-69(4,5)6)65(58-55-52-49-46-44-41-26-23-20-17-14-11-8-2)76-67(71)60-57-54-51-48-43-24-21-18-15-12-9-3/h18-19,21-22,27-28,30-31,55,58,64-65H,7-17,20,23-26,29,32-54,56-57,59-63H2,1-6H3,(H-,68,70,72,73)/p+1/b21-18-,22-19-,28-27-,31-30-,58-55+. The number of carbonyl (C=O) groups excluding carboxylic acids is 2. The van der Waals surface area contributed by atoms with Crippen molar-refractivity contribution < 1.29 is 37.3 Å². The Morgan fingerprint density at radius 1 is 0.455 bits per heavy atom. The summed E-state index contributed by atoms with van der Waals surface area (Å²) in [5.41, 5.74) is 0. The zero-order valence-corrected chi connectivity index (χ0v) is 52.3. The Morgan fingerprint density at radius 2 is 0.805 bits per heavy atom. The Balaban J connectivity index is 5.01. The largest absolute Gasteiger partial charge is 0.472 e. The Morgan fingerprint density at radius 3 is 1.26 bits per heavy atom. The molecule has 0 saturated carbocycles. The van der Waals surface area contributed by atoms with Crippen molar-refractivity contribution in [2.45, 2.75) is 315 Å². The van der Waals surface area contributed by atoms with Gasteiger partial charge >= 0.3 is 13.8 Å². The van der Waals surface area contributed by atoms with Crippen molar-refractivity contribution in [3.05, 3.63) is 60.8 Å². The van der Waals surface area contributed by atoms with Gasteiger partial charge in [-0.1, -0.05) is 262 Å². The molecule has 450 valence electrons. The molecule has 0 aliphatic carbocycles. The first-order valence-electron chi connectivity index (χ1n) is 32.6. The van der Waals surface area contributed by atoms with Gasteiger partial charge in [0.1, 0.15) is 19.3 Å². The minimum atomic E-state index is -4.45. The highest BCUT2D eigenvalue weighted by Crippen LogP contribution is 2.43. The fourth-order valence-corrected chi connectivity index (χ4v) is 10.1. The van der Waals surface area contributed by atoms with Gasteiger partial charge in [0.05, 0.1) is 33.8 Å². The van der Waals surface area contributed by atoms with Crippen LogP contribution in [0.15, 0.2) is 60.8 Å². The summed E-state index contributed by atoms with van der Waals surface area (Å²) >= 11 is 0. The minimum Gasteiger partial charge on any atom is -0.456 e. The van der Waals surface area contributed by atoms with Crippen LogP contribution in [0.1, 0.15) is 303 Å². The van der Waals surface area contributed by atoms with Gasteiger partial charge in [-0.25, -0.2) is 4.57 Å². The van der Waals surface area contributed by atoms with E-state index in [2.05, 4.69) is 74.7 Å². The predicted molar refractivity (Wildman–Crippen MR) is 332 cm³/mol. The van der Waals surface area contributed by atoms with E-state index in [1.165, 1.54) is 173 Å². The van der Waals surface area contributed by atoms with E-state index in [9.17, 15) is 19.0 Å². The Labute approximate surface area is 477 Å². The third-order valence-corrected chi connectivity index (χ3v) is 15.4. The number of hydrogen-bond acceptors (Lipinski definition) is 6.